The first-order valence-electron chi connectivity index (χ1n) is 8.55. The molecule has 0 aliphatic heterocycles. The molecule has 0 aliphatic rings. The van der Waals surface area contributed by atoms with E-state index in [9.17, 15) is 4.79 Å². The van der Waals surface area contributed by atoms with E-state index in [2.05, 4.69) is 25.4 Å². The third-order valence-corrected chi connectivity index (χ3v) is 4.42. The number of hydrogen-bond donors (Lipinski definition) is 1. The van der Waals surface area contributed by atoms with Gasteiger partial charge in [0.2, 0.25) is 0 Å². The summed E-state index contributed by atoms with van der Waals surface area (Å²) < 4.78 is 6.99. The third kappa shape index (κ3) is 2.86. The van der Waals surface area contributed by atoms with Crippen molar-refractivity contribution in [3.63, 3.8) is 0 Å². The maximum absolute atomic E-state index is 12.5. The quantitative estimate of drug-likeness (QED) is 0.522. The van der Waals surface area contributed by atoms with E-state index in [0.29, 0.717) is 11.4 Å². The molecule has 0 atom stereocenters. The fourth-order valence-corrected chi connectivity index (χ4v) is 3.00. The summed E-state index contributed by atoms with van der Waals surface area (Å²) in [7, 11) is 1.87. The zero-order valence-corrected chi connectivity index (χ0v) is 14.8. The molecule has 8 nitrogen and oxygen atoms in total. The Kier molecular flexibility index (Phi) is 3.61. The molecule has 0 aliphatic carbocycles. The fourth-order valence-electron chi connectivity index (χ4n) is 3.00. The molecule has 0 radical (unpaired) electrons. The van der Waals surface area contributed by atoms with E-state index in [1.807, 2.05) is 19.3 Å². The Bertz CT molecular complexity index is 1340. The van der Waals surface area contributed by atoms with Crippen molar-refractivity contribution in [2.24, 2.45) is 7.05 Å². The highest BCUT2D eigenvalue weighted by molar-refractivity contribution is 6.04. The molecule has 1 amide bonds. The summed E-state index contributed by atoms with van der Waals surface area (Å²) in [6, 6.07) is 7.24. The van der Waals surface area contributed by atoms with Crippen molar-refractivity contribution in [2.45, 2.75) is 0 Å². The van der Waals surface area contributed by atoms with Crippen molar-refractivity contribution >= 4 is 33.6 Å². The molecular formula is C20H14N6O2. The second kappa shape index (κ2) is 6.27. The van der Waals surface area contributed by atoms with Crippen LogP contribution in [-0.4, -0.2) is 30.6 Å². The molecule has 0 saturated carbocycles. The first kappa shape index (κ1) is 16.1. The van der Waals surface area contributed by atoms with E-state index in [-0.39, 0.29) is 11.6 Å². The van der Waals surface area contributed by atoms with Gasteiger partial charge < -0.3 is 9.73 Å². The molecule has 136 valence electrons. The molecule has 1 N–H and O–H groups in total. The van der Waals surface area contributed by atoms with Crippen LogP contribution in [0, 0.1) is 0 Å². The van der Waals surface area contributed by atoms with Crippen LogP contribution in [0.25, 0.3) is 33.0 Å². The highest BCUT2D eigenvalue weighted by Gasteiger charge is 2.11. The predicted molar refractivity (Wildman–Crippen MR) is 104 cm³/mol. The van der Waals surface area contributed by atoms with Crippen molar-refractivity contribution in [3.05, 3.63) is 67.2 Å². The van der Waals surface area contributed by atoms with Crippen molar-refractivity contribution in [1.29, 1.82) is 0 Å². The first-order chi connectivity index (χ1) is 13.7. The molecule has 0 unspecified atom stereocenters. The Balaban J connectivity index is 1.45. The summed E-state index contributed by atoms with van der Waals surface area (Å²) in [5.74, 6) is 0.0862. The lowest BCUT2D eigenvalue weighted by Gasteiger charge is -2.06. The average Bonchev–Trinajstić information content (AvgIpc) is 3.35. The topological polar surface area (TPSA) is 98.7 Å². The number of pyridine rings is 3. The second-order valence-corrected chi connectivity index (χ2v) is 6.37. The van der Waals surface area contributed by atoms with Gasteiger partial charge in [0.15, 0.2) is 5.58 Å². The number of anilines is 1. The average molecular weight is 370 g/mol. The standard InChI is InChI=1S/C20H14N6O2/c1-26-11-15(8-24-26)14-4-13-6-19(23-9-17(13)21-7-14)25-20(27)16-5-12-2-3-28-18(12)10-22-16/h2-11H,1H3,(H,23,25,27). The van der Waals surface area contributed by atoms with Gasteiger partial charge in [-0.25, -0.2) is 9.97 Å². The van der Waals surface area contributed by atoms with Crippen LogP contribution in [0.4, 0.5) is 5.82 Å². The highest BCUT2D eigenvalue weighted by atomic mass is 16.3. The van der Waals surface area contributed by atoms with Gasteiger partial charge in [-0.2, -0.15) is 5.10 Å². The molecule has 5 rings (SSSR count). The lowest BCUT2D eigenvalue weighted by molar-refractivity contribution is 0.102. The van der Waals surface area contributed by atoms with Crippen molar-refractivity contribution < 1.29 is 9.21 Å². The van der Waals surface area contributed by atoms with Gasteiger partial charge in [0.1, 0.15) is 11.5 Å². The minimum atomic E-state index is -0.341. The van der Waals surface area contributed by atoms with Crippen LogP contribution in [0.5, 0.6) is 0 Å². The molecule has 0 bridgehead atoms. The van der Waals surface area contributed by atoms with Gasteiger partial charge in [-0.1, -0.05) is 0 Å². The number of nitrogens with one attached hydrogen (secondary N) is 1. The van der Waals surface area contributed by atoms with E-state index >= 15 is 0 Å². The number of amides is 1. The SMILES string of the molecule is Cn1cc(-c2cnc3cnc(NC(=O)c4cc5ccoc5cn4)cc3c2)cn1. The Labute approximate surface area is 158 Å². The van der Waals surface area contributed by atoms with Crippen molar-refractivity contribution in [1.82, 2.24) is 24.7 Å². The summed E-state index contributed by atoms with van der Waals surface area (Å²) in [6.07, 6.45) is 10.2. The molecule has 0 spiro atoms. The Hall–Kier alpha value is -4.07. The number of carbonyl (C=O) groups excluding carboxylic acids is 1. The van der Waals surface area contributed by atoms with Crippen LogP contribution in [-0.2, 0) is 7.05 Å². The molecule has 0 saturated heterocycles. The molecular weight excluding hydrogens is 356 g/mol. The van der Waals surface area contributed by atoms with Gasteiger partial charge in [0.25, 0.3) is 5.91 Å². The number of rotatable bonds is 3. The molecule has 0 aromatic carbocycles. The molecule has 8 heteroatoms. The number of carbonyl (C=O) groups is 1. The zero-order valence-electron chi connectivity index (χ0n) is 14.8. The smallest absolute Gasteiger partial charge is 0.275 e. The maximum atomic E-state index is 12.5. The number of aromatic nitrogens is 5. The van der Waals surface area contributed by atoms with E-state index in [1.54, 1.807) is 47.7 Å². The molecule has 5 aromatic rings. The van der Waals surface area contributed by atoms with E-state index < -0.39 is 0 Å². The van der Waals surface area contributed by atoms with E-state index in [4.69, 9.17) is 4.42 Å². The summed E-state index contributed by atoms with van der Waals surface area (Å²) in [6.45, 7) is 0. The summed E-state index contributed by atoms with van der Waals surface area (Å²) in [5.41, 5.74) is 3.57. The van der Waals surface area contributed by atoms with Gasteiger partial charge >= 0.3 is 0 Å². The monoisotopic (exact) mass is 370 g/mol. The molecule has 28 heavy (non-hydrogen) atoms. The van der Waals surface area contributed by atoms with Gasteiger partial charge in [-0.05, 0) is 24.3 Å². The zero-order chi connectivity index (χ0) is 19.1. The van der Waals surface area contributed by atoms with Gasteiger partial charge in [-0.3, -0.25) is 14.5 Å². The van der Waals surface area contributed by atoms with Gasteiger partial charge in [0.05, 0.1) is 30.4 Å². The molecule has 5 heterocycles. The second-order valence-electron chi connectivity index (χ2n) is 6.37. The van der Waals surface area contributed by atoms with Crippen LogP contribution in [0.15, 0.2) is 65.9 Å². The summed E-state index contributed by atoms with van der Waals surface area (Å²) in [4.78, 5) is 25.4. The number of aryl methyl sites for hydroxylation is 1. The minimum absolute atomic E-state index is 0.290. The van der Waals surface area contributed by atoms with Crippen LogP contribution < -0.4 is 5.32 Å². The fraction of sp³-hybridized carbons (Fsp3) is 0.0500. The van der Waals surface area contributed by atoms with Crippen molar-refractivity contribution in [2.75, 3.05) is 5.32 Å². The van der Waals surface area contributed by atoms with Crippen LogP contribution in [0.2, 0.25) is 0 Å². The van der Waals surface area contributed by atoms with Crippen molar-refractivity contribution in [3.8, 4) is 11.1 Å². The normalized spacial score (nSPS) is 11.2. The van der Waals surface area contributed by atoms with Gasteiger partial charge in [-0.15, -0.1) is 0 Å². The van der Waals surface area contributed by atoms with Crippen LogP contribution in [0.3, 0.4) is 0 Å². The highest BCUT2D eigenvalue weighted by Crippen LogP contribution is 2.23. The Morgan fingerprint density at radius 3 is 2.79 bits per heavy atom. The third-order valence-electron chi connectivity index (χ3n) is 4.42. The lowest BCUT2D eigenvalue weighted by Crippen LogP contribution is -2.14. The molecule has 5 aromatic heterocycles. The Morgan fingerprint density at radius 2 is 1.93 bits per heavy atom. The van der Waals surface area contributed by atoms with E-state index in [0.717, 1.165) is 27.4 Å². The van der Waals surface area contributed by atoms with Gasteiger partial charge in [0, 0.05) is 41.3 Å². The first-order valence-corrected chi connectivity index (χ1v) is 8.55. The number of nitrogens with zero attached hydrogens (tertiary/aromatic N) is 5. The van der Waals surface area contributed by atoms with E-state index in [1.165, 1.54) is 6.20 Å². The largest absolute Gasteiger partial charge is 0.463 e. The minimum Gasteiger partial charge on any atom is -0.463 e. The number of fused-ring (bicyclic) bond motifs is 2. The lowest BCUT2D eigenvalue weighted by atomic mass is 10.1. The Morgan fingerprint density at radius 1 is 1.00 bits per heavy atom. The number of furan rings is 1. The predicted octanol–water partition coefficient (Wildman–Crippen LogP) is 3.42. The number of hydrogen-bond acceptors (Lipinski definition) is 6. The van der Waals surface area contributed by atoms with Crippen LogP contribution in [0.1, 0.15) is 10.5 Å². The maximum Gasteiger partial charge on any atom is 0.275 e. The molecule has 0 fully saturated rings. The summed E-state index contributed by atoms with van der Waals surface area (Å²) >= 11 is 0. The van der Waals surface area contributed by atoms with Crippen LogP contribution >= 0.6 is 0 Å². The summed E-state index contributed by atoms with van der Waals surface area (Å²) in [5, 5.41) is 8.65.